The monoisotopic (exact) mass is 259 g/mol. The Labute approximate surface area is 114 Å². The Morgan fingerprint density at radius 2 is 2.00 bits per heavy atom. The minimum Gasteiger partial charge on any atom is -0.459 e. The van der Waals surface area contributed by atoms with Crippen LogP contribution in [0.15, 0.2) is 42.5 Å². The highest BCUT2D eigenvalue weighted by Gasteiger charge is 2.21. The lowest BCUT2D eigenvalue weighted by atomic mass is 10.1. The molecule has 1 aliphatic heterocycles. The van der Waals surface area contributed by atoms with Crippen molar-refractivity contribution in [2.75, 3.05) is 13.1 Å². The molecule has 0 N–H and O–H groups in total. The number of allylic oxidation sites excluding steroid dienone is 1. The van der Waals surface area contributed by atoms with Crippen molar-refractivity contribution in [1.82, 2.24) is 4.90 Å². The van der Waals surface area contributed by atoms with Crippen LogP contribution >= 0.6 is 0 Å². The smallest absolute Gasteiger partial charge is 0.330 e. The van der Waals surface area contributed by atoms with Crippen molar-refractivity contribution in [2.45, 2.75) is 32.4 Å². The number of likely N-dealkylation sites (tertiary alicyclic amines) is 1. The molecule has 0 radical (unpaired) electrons. The highest BCUT2D eigenvalue weighted by molar-refractivity contribution is 5.81. The van der Waals surface area contributed by atoms with E-state index in [1.165, 1.54) is 11.6 Å². The lowest BCUT2D eigenvalue weighted by Crippen LogP contribution is -2.37. The first-order chi connectivity index (χ1) is 9.28. The summed E-state index contributed by atoms with van der Waals surface area (Å²) in [5, 5.41) is 0. The fourth-order valence-corrected chi connectivity index (χ4v) is 2.37. The normalized spacial score (nSPS) is 17.7. The molecule has 1 aromatic carbocycles. The number of piperidine rings is 1. The highest BCUT2D eigenvalue weighted by atomic mass is 16.5. The average molecular weight is 259 g/mol. The SMILES string of the molecule is C/C=C/C(=O)OC1CCN(Cc2ccccc2)CC1. The van der Waals surface area contributed by atoms with Crippen LogP contribution in [0.1, 0.15) is 25.3 Å². The molecule has 0 unspecified atom stereocenters. The van der Waals surface area contributed by atoms with Crippen LogP contribution in [0.25, 0.3) is 0 Å². The van der Waals surface area contributed by atoms with E-state index in [-0.39, 0.29) is 12.1 Å². The van der Waals surface area contributed by atoms with Crippen LogP contribution in [0.4, 0.5) is 0 Å². The van der Waals surface area contributed by atoms with E-state index in [1.807, 2.05) is 13.0 Å². The van der Waals surface area contributed by atoms with Gasteiger partial charge in [-0.2, -0.15) is 0 Å². The number of nitrogens with zero attached hydrogens (tertiary/aromatic N) is 1. The second-order valence-corrected chi connectivity index (χ2v) is 4.90. The molecule has 1 saturated heterocycles. The average Bonchev–Trinajstić information content (AvgIpc) is 2.42. The topological polar surface area (TPSA) is 29.5 Å². The van der Waals surface area contributed by atoms with Gasteiger partial charge in [0, 0.05) is 25.7 Å². The standard InChI is InChI=1S/C16H21NO2/c1-2-6-16(18)19-15-9-11-17(12-10-15)13-14-7-4-3-5-8-14/h2-8,15H,9-13H2,1H3/b6-2+. The maximum absolute atomic E-state index is 11.4. The Kier molecular flexibility index (Phi) is 5.16. The molecule has 0 aromatic heterocycles. The summed E-state index contributed by atoms with van der Waals surface area (Å²) in [4.78, 5) is 13.8. The second kappa shape index (κ2) is 7.10. The van der Waals surface area contributed by atoms with Crippen LogP contribution in [-0.4, -0.2) is 30.1 Å². The van der Waals surface area contributed by atoms with Gasteiger partial charge in [0.2, 0.25) is 0 Å². The largest absolute Gasteiger partial charge is 0.459 e. The number of esters is 1. The molecule has 1 fully saturated rings. The first-order valence-electron chi connectivity index (χ1n) is 6.87. The molecule has 0 spiro atoms. The molecule has 1 aromatic rings. The van der Waals surface area contributed by atoms with Gasteiger partial charge in [0.15, 0.2) is 0 Å². The third-order valence-electron chi connectivity index (χ3n) is 3.37. The van der Waals surface area contributed by atoms with Gasteiger partial charge in [0.25, 0.3) is 0 Å². The Bertz CT molecular complexity index is 420. The van der Waals surface area contributed by atoms with E-state index < -0.39 is 0 Å². The predicted molar refractivity (Wildman–Crippen MR) is 75.6 cm³/mol. The van der Waals surface area contributed by atoms with Crippen LogP contribution in [0.2, 0.25) is 0 Å². The van der Waals surface area contributed by atoms with Gasteiger partial charge in [-0.1, -0.05) is 36.4 Å². The van der Waals surface area contributed by atoms with Gasteiger partial charge in [-0.05, 0) is 25.3 Å². The third kappa shape index (κ3) is 4.52. The van der Waals surface area contributed by atoms with Gasteiger partial charge < -0.3 is 4.74 Å². The van der Waals surface area contributed by atoms with E-state index in [2.05, 4.69) is 29.2 Å². The molecule has 0 aliphatic carbocycles. The number of rotatable bonds is 4. The number of benzene rings is 1. The Balaban J connectivity index is 1.75. The number of carbonyl (C=O) groups excluding carboxylic acids is 1. The summed E-state index contributed by atoms with van der Waals surface area (Å²) in [6.07, 6.45) is 5.13. The zero-order chi connectivity index (χ0) is 13.5. The molecule has 0 atom stereocenters. The van der Waals surface area contributed by atoms with Gasteiger partial charge in [-0.25, -0.2) is 4.79 Å². The van der Waals surface area contributed by atoms with Gasteiger partial charge >= 0.3 is 5.97 Å². The summed E-state index contributed by atoms with van der Waals surface area (Å²) in [6, 6.07) is 10.5. The van der Waals surface area contributed by atoms with Crippen LogP contribution in [-0.2, 0) is 16.1 Å². The number of hydrogen-bond donors (Lipinski definition) is 0. The summed E-state index contributed by atoms with van der Waals surface area (Å²) in [6.45, 7) is 4.78. The van der Waals surface area contributed by atoms with E-state index in [9.17, 15) is 4.79 Å². The third-order valence-corrected chi connectivity index (χ3v) is 3.37. The van der Waals surface area contributed by atoms with Gasteiger partial charge in [-0.15, -0.1) is 0 Å². The summed E-state index contributed by atoms with van der Waals surface area (Å²) in [5.41, 5.74) is 1.34. The molecule has 0 saturated carbocycles. The van der Waals surface area contributed by atoms with Crippen LogP contribution in [0.3, 0.4) is 0 Å². The molecule has 19 heavy (non-hydrogen) atoms. The van der Waals surface area contributed by atoms with E-state index >= 15 is 0 Å². The Morgan fingerprint density at radius 1 is 1.32 bits per heavy atom. The van der Waals surface area contributed by atoms with Crippen LogP contribution < -0.4 is 0 Å². The van der Waals surface area contributed by atoms with Gasteiger partial charge in [0.1, 0.15) is 6.10 Å². The van der Waals surface area contributed by atoms with E-state index in [0.29, 0.717) is 0 Å². The summed E-state index contributed by atoms with van der Waals surface area (Å²) in [5.74, 6) is -0.219. The zero-order valence-electron chi connectivity index (χ0n) is 11.4. The summed E-state index contributed by atoms with van der Waals surface area (Å²) in [7, 11) is 0. The Hall–Kier alpha value is -1.61. The summed E-state index contributed by atoms with van der Waals surface area (Å²) < 4.78 is 5.38. The Morgan fingerprint density at radius 3 is 2.63 bits per heavy atom. The minimum absolute atomic E-state index is 0.0794. The molecule has 1 heterocycles. The van der Waals surface area contributed by atoms with E-state index in [4.69, 9.17) is 4.74 Å². The molecule has 0 bridgehead atoms. The molecule has 0 amide bonds. The second-order valence-electron chi connectivity index (χ2n) is 4.90. The summed E-state index contributed by atoms with van der Waals surface area (Å²) >= 11 is 0. The van der Waals surface area contributed by atoms with E-state index in [0.717, 1.165) is 32.5 Å². The number of hydrogen-bond acceptors (Lipinski definition) is 3. The molecule has 1 aliphatic rings. The first-order valence-corrected chi connectivity index (χ1v) is 6.87. The molecular weight excluding hydrogens is 238 g/mol. The molecule has 3 nitrogen and oxygen atoms in total. The quantitative estimate of drug-likeness (QED) is 0.615. The van der Waals surface area contributed by atoms with Crippen molar-refractivity contribution in [3.63, 3.8) is 0 Å². The fraction of sp³-hybridized carbons (Fsp3) is 0.438. The van der Waals surface area contributed by atoms with Crippen molar-refractivity contribution in [1.29, 1.82) is 0 Å². The number of ether oxygens (including phenoxy) is 1. The van der Waals surface area contributed by atoms with Crippen molar-refractivity contribution in [2.24, 2.45) is 0 Å². The van der Waals surface area contributed by atoms with Crippen LogP contribution in [0, 0.1) is 0 Å². The van der Waals surface area contributed by atoms with Crippen LogP contribution in [0.5, 0.6) is 0 Å². The molecule has 3 heteroatoms. The van der Waals surface area contributed by atoms with Gasteiger partial charge in [0.05, 0.1) is 0 Å². The highest BCUT2D eigenvalue weighted by Crippen LogP contribution is 2.16. The van der Waals surface area contributed by atoms with Crippen molar-refractivity contribution >= 4 is 5.97 Å². The maximum atomic E-state index is 11.4. The first kappa shape index (κ1) is 13.8. The van der Waals surface area contributed by atoms with Crippen molar-refractivity contribution in [3.05, 3.63) is 48.0 Å². The van der Waals surface area contributed by atoms with Crippen molar-refractivity contribution < 1.29 is 9.53 Å². The minimum atomic E-state index is -0.219. The van der Waals surface area contributed by atoms with Crippen molar-refractivity contribution in [3.8, 4) is 0 Å². The van der Waals surface area contributed by atoms with Gasteiger partial charge in [-0.3, -0.25) is 4.90 Å². The maximum Gasteiger partial charge on any atom is 0.330 e. The zero-order valence-corrected chi connectivity index (χ0v) is 11.4. The molecular formula is C16H21NO2. The number of carbonyl (C=O) groups is 1. The predicted octanol–water partition coefficient (Wildman–Crippen LogP) is 2.77. The lowest BCUT2D eigenvalue weighted by Gasteiger charge is -2.31. The molecule has 102 valence electrons. The lowest BCUT2D eigenvalue weighted by molar-refractivity contribution is -0.145. The molecule has 2 rings (SSSR count). The van der Waals surface area contributed by atoms with E-state index in [1.54, 1.807) is 6.08 Å². The fourth-order valence-electron chi connectivity index (χ4n) is 2.37.